The van der Waals surface area contributed by atoms with Crippen LogP contribution in [0.2, 0.25) is 0 Å². The standard InChI is InChI=1S/C17H19N3O5S/c1-25-14-4-2-3-12(9-14)18-17(26)19-15(10-21)16(22)11-5-7-13(8-6-11)20(23)24/h2-9,15-16,21-22H,10H2,1H3,(H2,18,19,26). The molecule has 0 spiro atoms. The van der Waals surface area contributed by atoms with E-state index in [9.17, 15) is 20.3 Å². The first kappa shape index (κ1) is 19.6. The minimum Gasteiger partial charge on any atom is -0.497 e. The van der Waals surface area contributed by atoms with Gasteiger partial charge in [-0.25, -0.2) is 0 Å². The number of nitro groups is 1. The number of thiocarbonyl (C=S) groups is 1. The van der Waals surface area contributed by atoms with Crippen molar-refractivity contribution >= 4 is 28.7 Å². The van der Waals surface area contributed by atoms with Gasteiger partial charge in [-0.3, -0.25) is 10.1 Å². The van der Waals surface area contributed by atoms with Gasteiger partial charge in [-0.2, -0.15) is 0 Å². The molecule has 2 atom stereocenters. The number of hydrogen-bond acceptors (Lipinski definition) is 6. The predicted octanol–water partition coefficient (Wildman–Crippen LogP) is 1.98. The second-order valence-corrected chi connectivity index (χ2v) is 5.82. The molecule has 0 aromatic heterocycles. The molecule has 2 aromatic carbocycles. The highest BCUT2D eigenvalue weighted by atomic mass is 32.1. The number of anilines is 1. The topological polar surface area (TPSA) is 117 Å². The van der Waals surface area contributed by atoms with Crippen LogP contribution in [-0.4, -0.2) is 40.0 Å². The Bertz CT molecular complexity index is 769. The molecule has 4 N–H and O–H groups in total. The average molecular weight is 377 g/mol. The Hall–Kier alpha value is -2.75. The van der Waals surface area contributed by atoms with Gasteiger partial charge in [-0.1, -0.05) is 6.07 Å². The van der Waals surface area contributed by atoms with Gasteiger partial charge in [0.1, 0.15) is 11.9 Å². The molecule has 26 heavy (non-hydrogen) atoms. The molecule has 0 fully saturated rings. The molecular formula is C17H19N3O5S. The van der Waals surface area contributed by atoms with Gasteiger partial charge in [0.25, 0.3) is 5.69 Å². The minimum atomic E-state index is -1.11. The van der Waals surface area contributed by atoms with Crippen LogP contribution in [0.1, 0.15) is 11.7 Å². The van der Waals surface area contributed by atoms with Crippen molar-refractivity contribution in [1.29, 1.82) is 0 Å². The van der Waals surface area contributed by atoms with Crippen molar-refractivity contribution in [3.05, 3.63) is 64.2 Å². The van der Waals surface area contributed by atoms with E-state index in [0.29, 0.717) is 17.0 Å². The summed E-state index contributed by atoms with van der Waals surface area (Å²) in [6.45, 7) is -0.391. The quantitative estimate of drug-likeness (QED) is 0.329. The van der Waals surface area contributed by atoms with E-state index in [4.69, 9.17) is 17.0 Å². The van der Waals surface area contributed by atoms with Crippen molar-refractivity contribution in [3.8, 4) is 5.75 Å². The van der Waals surface area contributed by atoms with Crippen molar-refractivity contribution in [2.75, 3.05) is 19.0 Å². The third-order valence-corrected chi connectivity index (χ3v) is 3.89. The number of hydrogen-bond donors (Lipinski definition) is 4. The molecule has 0 heterocycles. The highest BCUT2D eigenvalue weighted by Crippen LogP contribution is 2.21. The Morgan fingerprint density at radius 3 is 2.58 bits per heavy atom. The Morgan fingerprint density at radius 2 is 2.00 bits per heavy atom. The zero-order valence-corrected chi connectivity index (χ0v) is 14.8. The van der Waals surface area contributed by atoms with Gasteiger partial charge in [0, 0.05) is 23.9 Å². The summed E-state index contributed by atoms with van der Waals surface area (Å²) in [6, 6.07) is 11.8. The van der Waals surface area contributed by atoms with Crippen molar-refractivity contribution in [2.45, 2.75) is 12.1 Å². The SMILES string of the molecule is COc1cccc(NC(=S)NC(CO)C(O)c2ccc([N+](=O)[O-])cc2)c1. The second kappa shape index (κ2) is 9.09. The van der Waals surface area contributed by atoms with E-state index in [1.165, 1.54) is 24.3 Å². The van der Waals surface area contributed by atoms with Gasteiger partial charge < -0.3 is 25.6 Å². The van der Waals surface area contributed by atoms with E-state index >= 15 is 0 Å². The molecule has 0 radical (unpaired) electrons. The molecule has 0 aliphatic rings. The van der Waals surface area contributed by atoms with E-state index in [2.05, 4.69) is 10.6 Å². The fourth-order valence-corrected chi connectivity index (χ4v) is 2.56. The summed E-state index contributed by atoms with van der Waals surface area (Å²) in [7, 11) is 1.55. The van der Waals surface area contributed by atoms with E-state index in [1.54, 1.807) is 31.4 Å². The number of aliphatic hydroxyl groups is 2. The molecule has 0 saturated heterocycles. The summed E-state index contributed by atoms with van der Waals surface area (Å²) in [5.74, 6) is 0.655. The third kappa shape index (κ3) is 5.12. The molecule has 2 rings (SSSR count). The number of benzene rings is 2. The number of rotatable bonds is 7. The molecule has 9 heteroatoms. The van der Waals surface area contributed by atoms with Crippen LogP contribution in [0.3, 0.4) is 0 Å². The molecule has 2 unspecified atom stereocenters. The number of nitrogens with one attached hydrogen (secondary N) is 2. The highest BCUT2D eigenvalue weighted by molar-refractivity contribution is 7.80. The van der Waals surface area contributed by atoms with E-state index in [0.717, 1.165) is 0 Å². The molecule has 2 aromatic rings. The molecule has 0 saturated carbocycles. The number of nitro benzene ring substituents is 1. The van der Waals surface area contributed by atoms with Gasteiger partial charge in [0.15, 0.2) is 5.11 Å². The molecule has 0 bridgehead atoms. The maximum atomic E-state index is 10.7. The molecule has 138 valence electrons. The first-order valence-electron chi connectivity index (χ1n) is 7.69. The van der Waals surface area contributed by atoms with E-state index in [1.807, 2.05) is 0 Å². The van der Waals surface area contributed by atoms with Crippen LogP contribution >= 0.6 is 12.2 Å². The Morgan fingerprint density at radius 1 is 1.31 bits per heavy atom. The summed E-state index contributed by atoms with van der Waals surface area (Å²) < 4.78 is 5.13. The van der Waals surface area contributed by atoms with Crippen LogP contribution in [0, 0.1) is 10.1 Å². The maximum absolute atomic E-state index is 10.7. The van der Waals surface area contributed by atoms with Crippen LogP contribution in [0.15, 0.2) is 48.5 Å². The minimum absolute atomic E-state index is 0.0790. The van der Waals surface area contributed by atoms with Gasteiger partial charge in [0.2, 0.25) is 0 Å². The van der Waals surface area contributed by atoms with Crippen LogP contribution in [0.5, 0.6) is 5.75 Å². The summed E-state index contributed by atoms with van der Waals surface area (Å²) >= 11 is 5.21. The molecular weight excluding hydrogens is 358 g/mol. The van der Waals surface area contributed by atoms with Gasteiger partial charge in [-0.05, 0) is 42.0 Å². The predicted molar refractivity (Wildman–Crippen MR) is 101 cm³/mol. The Labute approximate surface area is 155 Å². The Kier molecular flexibility index (Phi) is 6.84. The Balaban J connectivity index is 2.02. The van der Waals surface area contributed by atoms with Crippen molar-refractivity contribution < 1.29 is 19.9 Å². The third-order valence-electron chi connectivity index (χ3n) is 3.67. The average Bonchev–Trinajstić information content (AvgIpc) is 2.65. The largest absolute Gasteiger partial charge is 0.497 e. The number of methoxy groups -OCH3 is 1. The van der Waals surface area contributed by atoms with Crippen molar-refractivity contribution in [2.24, 2.45) is 0 Å². The van der Waals surface area contributed by atoms with E-state index in [-0.39, 0.29) is 10.8 Å². The second-order valence-electron chi connectivity index (χ2n) is 5.41. The summed E-state index contributed by atoms with van der Waals surface area (Å²) in [4.78, 5) is 10.2. The van der Waals surface area contributed by atoms with Crippen molar-refractivity contribution in [3.63, 3.8) is 0 Å². The van der Waals surface area contributed by atoms with Gasteiger partial charge in [0.05, 0.1) is 24.7 Å². The fourth-order valence-electron chi connectivity index (χ4n) is 2.29. The zero-order valence-electron chi connectivity index (χ0n) is 14.0. The first-order valence-corrected chi connectivity index (χ1v) is 8.10. The first-order chi connectivity index (χ1) is 12.4. The van der Waals surface area contributed by atoms with Crippen LogP contribution < -0.4 is 15.4 Å². The number of aliphatic hydroxyl groups excluding tert-OH is 2. The lowest BCUT2D eigenvalue weighted by molar-refractivity contribution is -0.384. The smallest absolute Gasteiger partial charge is 0.269 e. The highest BCUT2D eigenvalue weighted by Gasteiger charge is 2.22. The number of nitrogens with zero attached hydrogens (tertiary/aromatic N) is 1. The van der Waals surface area contributed by atoms with E-state index < -0.39 is 23.7 Å². The molecule has 8 nitrogen and oxygen atoms in total. The summed E-state index contributed by atoms with van der Waals surface area (Å²) in [5.41, 5.74) is 1.03. The summed E-state index contributed by atoms with van der Waals surface area (Å²) in [6.07, 6.45) is -1.11. The zero-order chi connectivity index (χ0) is 19.1. The molecule has 0 amide bonds. The molecule has 0 aliphatic carbocycles. The molecule has 0 aliphatic heterocycles. The fraction of sp³-hybridized carbons (Fsp3) is 0.235. The van der Waals surface area contributed by atoms with Crippen LogP contribution in [-0.2, 0) is 0 Å². The lowest BCUT2D eigenvalue weighted by Gasteiger charge is -2.24. The lowest BCUT2D eigenvalue weighted by Crippen LogP contribution is -2.43. The van der Waals surface area contributed by atoms with Crippen molar-refractivity contribution in [1.82, 2.24) is 5.32 Å². The van der Waals surface area contributed by atoms with Gasteiger partial charge >= 0.3 is 0 Å². The maximum Gasteiger partial charge on any atom is 0.269 e. The number of non-ortho nitro benzene ring substituents is 1. The van der Waals surface area contributed by atoms with Crippen LogP contribution in [0.4, 0.5) is 11.4 Å². The normalized spacial score (nSPS) is 12.7. The summed E-state index contributed by atoms with van der Waals surface area (Å²) in [5, 5.41) is 36.6. The van der Waals surface area contributed by atoms with Crippen LogP contribution in [0.25, 0.3) is 0 Å². The van der Waals surface area contributed by atoms with Gasteiger partial charge in [-0.15, -0.1) is 0 Å². The monoisotopic (exact) mass is 377 g/mol. The lowest BCUT2D eigenvalue weighted by atomic mass is 10.0. The number of ether oxygens (including phenoxy) is 1.